The van der Waals surface area contributed by atoms with E-state index in [1.807, 2.05) is 12.1 Å². The fraction of sp³-hybridized carbons (Fsp3) is 0.409. The Morgan fingerprint density at radius 3 is 2.86 bits per heavy atom. The molecule has 29 heavy (non-hydrogen) atoms. The summed E-state index contributed by atoms with van der Waals surface area (Å²) in [5.74, 6) is -0.0201. The summed E-state index contributed by atoms with van der Waals surface area (Å²) in [6.07, 6.45) is 5.66. The van der Waals surface area contributed by atoms with Gasteiger partial charge in [-0.1, -0.05) is 11.6 Å². The SMILES string of the molecule is CNC(=O)CC(Cn1c2c(c3cc(Cl)ccc31)CCN(C)CC2)c1ccncn1. The summed E-state index contributed by atoms with van der Waals surface area (Å²) < 4.78 is 2.38. The number of amides is 1. The molecule has 1 atom stereocenters. The molecule has 0 saturated heterocycles. The largest absolute Gasteiger partial charge is 0.359 e. The van der Waals surface area contributed by atoms with Crippen LogP contribution in [0.15, 0.2) is 36.8 Å². The first-order chi connectivity index (χ1) is 14.1. The molecule has 1 aliphatic rings. The minimum Gasteiger partial charge on any atom is -0.359 e. The lowest BCUT2D eigenvalue weighted by molar-refractivity contribution is -0.121. The Balaban J connectivity index is 1.80. The van der Waals surface area contributed by atoms with E-state index < -0.39 is 0 Å². The van der Waals surface area contributed by atoms with Crippen LogP contribution in [0.4, 0.5) is 0 Å². The maximum atomic E-state index is 12.2. The van der Waals surface area contributed by atoms with Crippen molar-refractivity contribution in [3.05, 3.63) is 58.8 Å². The summed E-state index contributed by atoms with van der Waals surface area (Å²) in [5, 5.41) is 4.74. The smallest absolute Gasteiger partial charge is 0.220 e. The van der Waals surface area contributed by atoms with Gasteiger partial charge in [-0.25, -0.2) is 9.97 Å². The molecule has 1 amide bonds. The first kappa shape index (κ1) is 19.9. The third kappa shape index (κ3) is 4.14. The predicted molar refractivity (Wildman–Crippen MR) is 115 cm³/mol. The van der Waals surface area contributed by atoms with Crippen LogP contribution in [-0.4, -0.2) is 52.5 Å². The summed E-state index contributed by atoms with van der Waals surface area (Å²) in [7, 11) is 3.84. The molecule has 0 aliphatic carbocycles. The first-order valence-electron chi connectivity index (χ1n) is 10.0. The number of rotatable bonds is 5. The van der Waals surface area contributed by atoms with Crippen molar-refractivity contribution in [2.45, 2.75) is 31.7 Å². The lowest BCUT2D eigenvalue weighted by atomic mass is 10.00. The number of nitrogens with one attached hydrogen (secondary N) is 1. The van der Waals surface area contributed by atoms with Crippen molar-refractivity contribution in [2.24, 2.45) is 0 Å². The van der Waals surface area contributed by atoms with Crippen molar-refractivity contribution in [3.8, 4) is 0 Å². The highest BCUT2D eigenvalue weighted by atomic mass is 35.5. The molecule has 4 rings (SSSR count). The van der Waals surface area contributed by atoms with Gasteiger partial charge in [0.2, 0.25) is 5.91 Å². The van der Waals surface area contributed by atoms with Gasteiger partial charge >= 0.3 is 0 Å². The number of benzene rings is 1. The second-order valence-corrected chi connectivity index (χ2v) is 8.15. The topological polar surface area (TPSA) is 63.1 Å². The molecule has 3 heterocycles. The van der Waals surface area contributed by atoms with E-state index in [2.05, 4.69) is 43.9 Å². The number of fused-ring (bicyclic) bond motifs is 3. The van der Waals surface area contributed by atoms with Crippen molar-refractivity contribution < 1.29 is 4.79 Å². The normalized spacial score (nSPS) is 15.7. The number of hydrogen-bond donors (Lipinski definition) is 1. The molecule has 0 fully saturated rings. The van der Waals surface area contributed by atoms with E-state index in [0.29, 0.717) is 13.0 Å². The Kier molecular flexibility index (Phi) is 5.83. The Labute approximate surface area is 175 Å². The lowest BCUT2D eigenvalue weighted by Crippen LogP contribution is -2.24. The third-order valence-corrected chi connectivity index (χ3v) is 6.09. The molecule has 1 N–H and O–H groups in total. The number of carbonyl (C=O) groups is 1. The Morgan fingerprint density at radius 1 is 1.28 bits per heavy atom. The summed E-state index contributed by atoms with van der Waals surface area (Å²) in [6.45, 7) is 2.75. The van der Waals surface area contributed by atoms with E-state index in [-0.39, 0.29) is 11.8 Å². The van der Waals surface area contributed by atoms with Gasteiger partial charge < -0.3 is 14.8 Å². The summed E-state index contributed by atoms with van der Waals surface area (Å²) in [5.41, 5.74) is 4.80. The van der Waals surface area contributed by atoms with E-state index in [4.69, 9.17) is 11.6 Å². The number of nitrogens with zero attached hydrogens (tertiary/aromatic N) is 4. The molecule has 2 aromatic heterocycles. The summed E-state index contributed by atoms with van der Waals surface area (Å²) >= 11 is 6.34. The van der Waals surface area contributed by atoms with Gasteiger partial charge in [-0.15, -0.1) is 0 Å². The van der Waals surface area contributed by atoms with Crippen LogP contribution in [0.5, 0.6) is 0 Å². The average molecular weight is 412 g/mol. The van der Waals surface area contributed by atoms with Crippen molar-refractivity contribution in [3.63, 3.8) is 0 Å². The van der Waals surface area contributed by atoms with Gasteiger partial charge in [0.1, 0.15) is 6.33 Å². The monoisotopic (exact) mass is 411 g/mol. The fourth-order valence-corrected chi connectivity index (χ4v) is 4.46. The van der Waals surface area contributed by atoms with Crippen LogP contribution in [0.3, 0.4) is 0 Å². The molecule has 0 bridgehead atoms. The quantitative estimate of drug-likeness (QED) is 0.701. The molecule has 0 spiro atoms. The molecule has 0 saturated carbocycles. The molecule has 1 aromatic carbocycles. The molecule has 6 nitrogen and oxygen atoms in total. The molecule has 3 aromatic rings. The van der Waals surface area contributed by atoms with Crippen molar-refractivity contribution >= 4 is 28.4 Å². The van der Waals surface area contributed by atoms with E-state index in [0.717, 1.165) is 36.6 Å². The zero-order valence-corrected chi connectivity index (χ0v) is 17.6. The standard InChI is InChI=1S/C22H26ClN5O/c1-24-22(29)11-15(19-5-8-25-14-26-19)13-28-20-4-3-16(23)12-18(20)17-6-9-27(2)10-7-21(17)28/h3-5,8,12,14-15H,6-7,9-11,13H2,1-2H3,(H,24,29). The van der Waals surface area contributed by atoms with Gasteiger partial charge in [-0.3, -0.25) is 4.79 Å². The number of aromatic nitrogens is 3. The number of halogens is 1. The van der Waals surface area contributed by atoms with Gasteiger partial charge in [0, 0.05) is 79.0 Å². The zero-order valence-electron chi connectivity index (χ0n) is 16.9. The average Bonchev–Trinajstić information content (AvgIpc) is 2.87. The van der Waals surface area contributed by atoms with Crippen molar-refractivity contribution in [1.82, 2.24) is 24.8 Å². The van der Waals surface area contributed by atoms with E-state index in [9.17, 15) is 4.79 Å². The highest BCUT2D eigenvalue weighted by molar-refractivity contribution is 6.31. The Hall–Kier alpha value is -2.44. The lowest BCUT2D eigenvalue weighted by Gasteiger charge is -2.20. The molecule has 0 radical (unpaired) electrons. The first-order valence-corrected chi connectivity index (χ1v) is 10.4. The van der Waals surface area contributed by atoms with Crippen LogP contribution < -0.4 is 5.32 Å². The summed E-state index contributed by atoms with van der Waals surface area (Å²) in [6, 6.07) is 8.04. The minimum absolute atomic E-state index is 0.0129. The summed E-state index contributed by atoms with van der Waals surface area (Å²) in [4.78, 5) is 23.1. The maximum Gasteiger partial charge on any atom is 0.220 e. The van der Waals surface area contributed by atoms with E-state index in [1.54, 1.807) is 19.6 Å². The van der Waals surface area contributed by atoms with Gasteiger partial charge in [0.25, 0.3) is 0 Å². The molecule has 7 heteroatoms. The van der Waals surface area contributed by atoms with Crippen molar-refractivity contribution in [2.75, 3.05) is 27.2 Å². The van der Waals surface area contributed by atoms with Crippen LogP contribution in [0.25, 0.3) is 10.9 Å². The minimum atomic E-state index is -0.0330. The molecule has 152 valence electrons. The van der Waals surface area contributed by atoms with Crippen LogP contribution in [0.2, 0.25) is 5.02 Å². The molecular weight excluding hydrogens is 386 g/mol. The van der Waals surface area contributed by atoms with Gasteiger partial charge in [0.05, 0.1) is 0 Å². The van der Waals surface area contributed by atoms with Crippen LogP contribution in [0, 0.1) is 0 Å². The number of carbonyl (C=O) groups excluding carboxylic acids is 1. The number of likely N-dealkylation sites (N-methyl/N-ethyl adjacent to an activating group) is 1. The number of hydrogen-bond acceptors (Lipinski definition) is 4. The molecule has 1 unspecified atom stereocenters. The predicted octanol–water partition coefficient (Wildman–Crippen LogP) is 3.04. The molecule has 1 aliphatic heterocycles. The third-order valence-electron chi connectivity index (χ3n) is 5.86. The highest BCUT2D eigenvalue weighted by Gasteiger charge is 2.24. The van der Waals surface area contributed by atoms with Gasteiger partial charge in [0.15, 0.2) is 0 Å². The Bertz CT molecular complexity index is 1020. The van der Waals surface area contributed by atoms with Crippen LogP contribution in [-0.2, 0) is 24.2 Å². The zero-order chi connectivity index (χ0) is 20.4. The van der Waals surface area contributed by atoms with Gasteiger partial charge in [-0.05, 0) is 43.3 Å². The van der Waals surface area contributed by atoms with Crippen molar-refractivity contribution in [1.29, 1.82) is 0 Å². The highest BCUT2D eigenvalue weighted by Crippen LogP contribution is 2.33. The van der Waals surface area contributed by atoms with Crippen LogP contribution >= 0.6 is 11.6 Å². The second kappa shape index (κ2) is 8.51. The van der Waals surface area contributed by atoms with E-state index >= 15 is 0 Å². The Morgan fingerprint density at radius 2 is 2.10 bits per heavy atom. The van der Waals surface area contributed by atoms with Crippen LogP contribution in [0.1, 0.15) is 29.3 Å². The molecular formula is C22H26ClN5O. The fourth-order valence-electron chi connectivity index (χ4n) is 4.28. The maximum absolute atomic E-state index is 12.2. The van der Waals surface area contributed by atoms with E-state index in [1.165, 1.54) is 22.2 Å². The second-order valence-electron chi connectivity index (χ2n) is 7.71. The van der Waals surface area contributed by atoms with Gasteiger partial charge in [-0.2, -0.15) is 0 Å².